The van der Waals surface area contributed by atoms with Crippen LogP contribution in [-0.4, -0.2) is 18.4 Å². The van der Waals surface area contributed by atoms with Gasteiger partial charge in [-0.25, -0.2) is 4.39 Å². The number of anilines is 1. The highest BCUT2D eigenvalue weighted by Crippen LogP contribution is 2.23. The van der Waals surface area contributed by atoms with Gasteiger partial charge < -0.3 is 5.32 Å². The smallest absolute Gasteiger partial charge is 0.248 e. The van der Waals surface area contributed by atoms with Crippen molar-refractivity contribution >= 4 is 18.0 Å². The molecule has 2 amide bonds. The SMILES string of the molecule is CCCC(Nc1ccc(F)c(C(C)C)c1)C(=O)NC=O. The predicted octanol–water partition coefficient (Wildman–Crippen LogP) is 2.80. The highest BCUT2D eigenvalue weighted by molar-refractivity contribution is 5.91. The molecule has 20 heavy (non-hydrogen) atoms. The maximum absolute atomic E-state index is 13.6. The molecule has 1 aromatic carbocycles. The van der Waals surface area contributed by atoms with Crippen LogP contribution in [0.15, 0.2) is 18.2 Å². The minimum Gasteiger partial charge on any atom is -0.374 e. The molecule has 1 unspecified atom stereocenters. The first kappa shape index (κ1) is 16.1. The van der Waals surface area contributed by atoms with Crippen molar-refractivity contribution < 1.29 is 14.0 Å². The van der Waals surface area contributed by atoms with Gasteiger partial charge in [-0.3, -0.25) is 14.9 Å². The van der Waals surface area contributed by atoms with E-state index in [1.807, 2.05) is 20.8 Å². The molecule has 0 aliphatic heterocycles. The van der Waals surface area contributed by atoms with Crippen LogP contribution in [0.2, 0.25) is 0 Å². The Morgan fingerprint density at radius 1 is 1.40 bits per heavy atom. The summed E-state index contributed by atoms with van der Waals surface area (Å²) < 4.78 is 13.6. The molecule has 2 N–H and O–H groups in total. The zero-order valence-electron chi connectivity index (χ0n) is 12.1. The van der Waals surface area contributed by atoms with Crippen LogP contribution in [-0.2, 0) is 9.59 Å². The van der Waals surface area contributed by atoms with Crippen molar-refractivity contribution in [2.24, 2.45) is 0 Å². The second kappa shape index (κ2) is 7.62. The molecule has 0 aromatic heterocycles. The van der Waals surface area contributed by atoms with Crippen molar-refractivity contribution in [2.45, 2.75) is 45.6 Å². The topological polar surface area (TPSA) is 58.2 Å². The van der Waals surface area contributed by atoms with Gasteiger partial charge in [0.25, 0.3) is 0 Å². The number of amides is 2. The van der Waals surface area contributed by atoms with Crippen LogP contribution in [0, 0.1) is 5.82 Å². The van der Waals surface area contributed by atoms with Crippen LogP contribution in [0.1, 0.15) is 45.1 Å². The molecule has 1 atom stereocenters. The lowest BCUT2D eigenvalue weighted by atomic mass is 10.0. The minimum absolute atomic E-state index is 0.0603. The van der Waals surface area contributed by atoms with Crippen LogP contribution in [0.3, 0.4) is 0 Å². The van der Waals surface area contributed by atoms with Gasteiger partial charge in [0.05, 0.1) is 0 Å². The average molecular weight is 280 g/mol. The summed E-state index contributed by atoms with van der Waals surface area (Å²) in [6.45, 7) is 5.77. The molecule has 0 aliphatic rings. The number of hydrogen-bond donors (Lipinski definition) is 2. The van der Waals surface area contributed by atoms with Crippen molar-refractivity contribution in [1.82, 2.24) is 5.32 Å². The molecule has 0 saturated heterocycles. The standard InChI is InChI=1S/C15H21FN2O2/c1-4-5-14(15(20)17-9-19)18-11-6-7-13(16)12(8-11)10(2)3/h6-10,14,18H,4-5H2,1-3H3,(H,17,19,20). The molecule has 0 bridgehead atoms. The molecule has 0 saturated carbocycles. The van der Waals surface area contributed by atoms with E-state index in [1.54, 1.807) is 12.1 Å². The zero-order valence-corrected chi connectivity index (χ0v) is 12.1. The van der Waals surface area contributed by atoms with Crippen LogP contribution in [0.25, 0.3) is 0 Å². The molecule has 0 fully saturated rings. The van der Waals surface area contributed by atoms with E-state index >= 15 is 0 Å². The molecule has 1 aromatic rings. The van der Waals surface area contributed by atoms with Gasteiger partial charge in [-0.05, 0) is 36.1 Å². The van der Waals surface area contributed by atoms with Crippen LogP contribution in [0.5, 0.6) is 0 Å². The third kappa shape index (κ3) is 4.33. The molecule has 5 heteroatoms. The first-order valence-corrected chi connectivity index (χ1v) is 6.79. The van der Waals surface area contributed by atoms with Gasteiger partial charge in [0.15, 0.2) is 0 Å². The van der Waals surface area contributed by atoms with Crippen LogP contribution < -0.4 is 10.6 Å². The largest absolute Gasteiger partial charge is 0.374 e. The zero-order chi connectivity index (χ0) is 15.1. The quantitative estimate of drug-likeness (QED) is 0.755. The summed E-state index contributed by atoms with van der Waals surface area (Å²) in [5, 5.41) is 5.19. The molecule has 4 nitrogen and oxygen atoms in total. The summed E-state index contributed by atoms with van der Waals surface area (Å²) in [7, 11) is 0. The summed E-state index contributed by atoms with van der Waals surface area (Å²) in [6.07, 6.45) is 1.76. The van der Waals surface area contributed by atoms with E-state index in [-0.39, 0.29) is 17.6 Å². The summed E-state index contributed by atoms with van der Waals surface area (Å²) in [4.78, 5) is 22.1. The molecule has 110 valence electrons. The highest BCUT2D eigenvalue weighted by Gasteiger charge is 2.17. The monoisotopic (exact) mass is 280 g/mol. The number of halogens is 1. The Balaban J connectivity index is 2.90. The number of imide groups is 1. The second-order valence-corrected chi connectivity index (χ2v) is 5.00. The fourth-order valence-electron chi connectivity index (χ4n) is 1.99. The van der Waals surface area contributed by atoms with Gasteiger partial charge in [0.1, 0.15) is 11.9 Å². The molecule has 0 spiro atoms. The Morgan fingerprint density at radius 3 is 2.65 bits per heavy atom. The van der Waals surface area contributed by atoms with Gasteiger partial charge in [-0.2, -0.15) is 0 Å². The lowest BCUT2D eigenvalue weighted by Gasteiger charge is -2.18. The Hall–Kier alpha value is -1.91. The van der Waals surface area contributed by atoms with Crippen molar-refractivity contribution in [2.75, 3.05) is 5.32 Å². The lowest BCUT2D eigenvalue weighted by molar-refractivity contribution is -0.125. The summed E-state index contributed by atoms with van der Waals surface area (Å²) >= 11 is 0. The average Bonchev–Trinajstić information content (AvgIpc) is 2.40. The summed E-state index contributed by atoms with van der Waals surface area (Å²) in [6, 6.07) is 4.18. The number of hydrogen-bond acceptors (Lipinski definition) is 3. The fraction of sp³-hybridized carbons (Fsp3) is 0.467. The third-order valence-corrected chi connectivity index (χ3v) is 3.05. The van der Waals surface area contributed by atoms with Gasteiger partial charge in [0.2, 0.25) is 12.3 Å². The number of nitrogens with one attached hydrogen (secondary N) is 2. The van der Waals surface area contributed by atoms with E-state index in [2.05, 4.69) is 10.6 Å². The fourth-order valence-corrected chi connectivity index (χ4v) is 1.99. The van der Waals surface area contributed by atoms with Crippen molar-refractivity contribution in [1.29, 1.82) is 0 Å². The van der Waals surface area contributed by atoms with E-state index in [9.17, 15) is 14.0 Å². The predicted molar refractivity (Wildman–Crippen MR) is 77.0 cm³/mol. The van der Waals surface area contributed by atoms with E-state index < -0.39 is 6.04 Å². The van der Waals surface area contributed by atoms with E-state index in [4.69, 9.17) is 0 Å². The Bertz CT molecular complexity index is 475. The van der Waals surface area contributed by atoms with Gasteiger partial charge in [-0.15, -0.1) is 0 Å². The number of rotatable bonds is 7. The van der Waals surface area contributed by atoms with Crippen LogP contribution >= 0.6 is 0 Å². The maximum Gasteiger partial charge on any atom is 0.248 e. The summed E-state index contributed by atoms with van der Waals surface area (Å²) in [5.74, 6) is -0.572. The minimum atomic E-state index is -0.504. The first-order chi connectivity index (χ1) is 9.49. The molecular formula is C15H21FN2O2. The maximum atomic E-state index is 13.6. The Morgan fingerprint density at radius 2 is 2.10 bits per heavy atom. The van der Waals surface area contributed by atoms with Crippen LogP contribution in [0.4, 0.5) is 10.1 Å². The molecular weight excluding hydrogens is 259 g/mol. The number of carbonyl (C=O) groups is 2. The molecule has 1 rings (SSSR count). The van der Waals surface area contributed by atoms with E-state index in [0.717, 1.165) is 6.42 Å². The number of carbonyl (C=O) groups excluding carboxylic acids is 2. The van der Waals surface area contributed by atoms with Gasteiger partial charge >= 0.3 is 0 Å². The highest BCUT2D eigenvalue weighted by atomic mass is 19.1. The van der Waals surface area contributed by atoms with Crippen molar-refractivity contribution in [3.63, 3.8) is 0 Å². The number of benzene rings is 1. The van der Waals surface area contributed by atoms with Crippen molar-refractivity contribution in [3.8, 4) is 0 Å². The van der Waals surface area contributed by atoms with Crippen molar-refractivity contribution in [3.05, 3.63) is 29.6 Å². The molecule has 0 radical (unpaired) electrons. The lowest BCUT2D eigenvalue weighted by Crippen LogP contribution is -2.38. The Kier molecular flexibility index (Phi) is 6.15. The summed E-state index contributed by atoms with van der Waals surface area (Å²) in [5.41, 5.74) is 1.27. The third-order valence-electron chi connectivity index (χ3n) is 3.05. The Labute approximate surface area is 118 Å². The van der Waals surface area contributed by atoms with Gasteiger partial charge in [-0.1, -0.05) is 27.2 Å². The normalized spacial score (nSPS) is 12.1. The molecule has 0 heterocycles. The van der Waals surface area contributed by atoms with E-state index in [1.165, 1.54) is 6.07 Å². The first-order valence-electron chi connectivity index (χ1n) is 6.79. The van der Waals surface area contributed by atoms with Gasteiger partial charge in [0, 0.05) is 5.69 Å². The molecule has 0 aliphatic carbocycles. The van der Waals surface area contributed by atoms with E-state index in [0.29, 0.717) is 24.1 Å². The second-order valence-electron chi connectivity index (χ2n) is 5.00.